The van der Waals surface area contributed by atoms with Gasteiger partial charge in [0.2, 0.25) is 11.8 Å². The molecule has 1 unspecified atom stereocenters. The lowest BCUT2D eigenvalue weighted by molar-refractivity contribution is -0.127. The van der Waals surface area contributed by atoms with Gasteiger partial charge in [-0.2, -0.15) is 5.26 Å². The molecule has 0 bridgehead atoms. The summed E-state index contributed by atoms with van der Waals surface area (Å²) in [6.07, 6.45) is 6.19. The number of carbonyl (C=O) groups excluding carboxylic acids is 2. The first kappa shape index (κ1) is 17.7. The molecule has 6 heteroatoms. The van der Waals surface area contributed by atoms with Crippen LogP contribution < -0.4 is 11.1 Å². The van der Waals surface area contributed by atoms with Gasteiger partial charge in [-0.25, -0.2) is 0 Å². The number of hydrogen-bond acceptors (Lipinski definition) is 4. The minimum absolute atomic E-state index is 0.172. The summed E-state index contributed by atoms with van der Waals surface area (Å²) in [7, 11) is 0. The molecule has 0 spiro atoms. The zero-order valence-electron chi connectivity index (χ0n) is 14.2. The van der Waals surface area contributed by atoms with Crippen molar-refractivity contribution in [1.82, 2.24) is 10.2 Å². The second kappa shape index (κ2) is 6.88. The van der Waals surface area contributed by atoms with Gasteiger partial charge in [-0.05, 0) is 25.7 Å². The van der Waals surface area contributed by atoms with Gasteiger partial charge in [0.15, 0.2) is 0 Å². The van der Waals surface area contributed by atoms with Crippen LogP contribution in [-0.2, 0) is 9.59 Å². The minimum Gasteiger partial charge on any atom is -0.369 e. The summed E-state index contributed by atoms with van der Waals surface area (Å²) in [5.74, 6) is -0.581. The standard InChI is InChI=1S/C17H28N4O2/c1-16(2,15(19)23)8-7-14(22)20-17(11-18)9-10-21(12-17)13-5-3-4-6-13/h13H,3-10,12H2,1-2H3,(H2,19,23)(H,20,22). The molecule has 1 heterocycles. The molecule has 2 rings (SSSR count). The molecule has 0 radical (unpaired) electrons. The lowest BCUT2D eigenvalue weighted by atomic mass is 9.87. The van der Waals surface area contributed by atoms with Gasteiger partial charge in [-0.3, -0.25) is 14.5 Å². The van der Waals surface area contributed by atoms with Gasteiger partial charge in [0.25, 0.3) is 0 Å². The van der Waals surface area contributed by atoms with Gasteiger partial charge in [0.05, 0.1) is 6.07 Å². The molecule has 6 nitrogen and oxygen atoms in total. The van der Waals surface area contributed by atoms with Crippen LogP contribution in [0.2, 0.25) is 0 Å². The Bertz CT molecular complexity index is 505. The Morgan fingerprint density at radius 3 is 2.61 bits per heavy atom. The fourth-order valence-corrected chi connectivity index (χ4v) is 3.52. The summed E-state index contributed by atoms with van der Waals surface area (Å²) >= 11 is 0. The fourth-order valence-electron chi connectivity index (χ4n) is 3.52. The van der Waals surface area contributed by atoms with Crippen molar-refractivity contribution in [3.63, 3.8) is 0 Å². The van der Waals surface area contributed by atoms with Crippen LogP contribution in [0.4, 0.5) is 0 Å². The lowest BCUT2D eigenvalue weighted by Gasteiger charge is -2.27. The van der Waals surface area contributed by atoms with Gasteiger partial charge >= 0.3 is 0 Å². The van der Waals surface area contributed by atoms with Crippen molar-refractivity contribution in [2.45, 2.75) is 70.4 Å². The number of nitriles is 1. The van der Waals surface area contributed by atoms with Crippen LogP contribution in [0.1, 0.15) is 58.8 Å². The number of nitrogens with one attached hydrogen (secondary N) is 1. The van der Waals surface area contributed by atoms with Crippen LogP contribution in [0, 0.1) is 16.7 Å². The molecule has 0 aromatic heterocycles. The summed E-state index contributed by atoms with van der Waals surface area (Å²) < 4.78 is 0. The van der Waals surface area contributed by atoms with Crippen LogP contribution in [0.5, 0.6) is 0 Å². The van der Waals surface area contributed by atoms with E-state index < -0.39 is 16.9 Å². The first-order chi connectivity index (χ1) is 10.8. The number of hydrogen-bond donors (Lipinski definition) is 2. The smallest absolute Gasteiger partial charge is 0.223 e. The molecule has 128 valence electrons. The van der Waals surface area contributed by atoms with E-state index in [9.17, 15) is 14.9 Å². The second-order valence-electron chi connectivity index (χ2n) is 7.65. The number of primary amides is 1. The summed E-state index contributed by atoms with van der Waals surface area (Å²) in [5.41, 5.74) is 3.84. The van der Waals surface area contributed by atoms with E-state index in [1.165, 1.54) is 25.7 Å². The molecular weight excluding hydrogens is 292 g/mol. The predicted octanol–water partition coefficient (Wildman–Crippen LogP) is 1.30. The minimum atomic E-state index is -0.781. The van der Waals surface area contributed by atoms with Crippen LogP contribution >= 0.6 is 0 Å². The quantitative estimate of drug-likeness (QED) is 0.770. The fraction of sp³-hybridized carbons (Fsp3) is 0.824. The maximum Gasteiger partial charge on any atom is 0.223 e. The third kappa shape index (κ3) is 4.23. The average Bonchev–Trinajstić information content (AvgIpc) is 3.14. The maximum absolute atomic E-state index is 12.2. The number of nitrogens with two attached hydrogens (primary N) is 1. The Labute approximate surface area is 138 Å². The second-order valence-corrected chi connectivity index (χ2v) is 7.65. The van der Waals surface area contributed by atoms with Gasteiger partial charge in [0, 0.05) is 31.0 Å². The van der Waals surface area contributed by atoms with E-state index in [0.717, 1.165) is 6.54 Å². The SMILES string of the molecule is CC(C)(CCC(=O)NC1(C#N)CCN(C2CCCC2)C1)C(N)=O. The zero-order chi connectivity index (χ0) is 17.1. The number of carbonyl (C=O) groups is 2. The number of rotatable bonds is 6. The third-order valence-electron chi connectivity index (χ3n) is 5.38. The first-order valence-corrected chi connectivity index (χ1v) is 8.54. The molecule has 2 fully saturated rings. The summed E-state index contributed by atoms with van der Waals surface area (Å²) in [6, 6.07) is 2.88. The molecule has 1 saturated carbocycles. The van der Waals surface area contributed by atoms with Gasteiger partial charge in [-0.1, -0.05) is 26.7 Å². The van der Waals surface area contributed by atoms with Crippen LogP contribution in [0.3, 0.4) is 0 Å². The van der Waals surface area contributed by atoms with E-state index in [2.05, 4.69) is 16.3 Å². The Balaban J connectivity index is 1.88. The highest BCUT2D eigenvalue weighted by Crippen LogP contribution is 2.30. The molecule has 0 aromatic rings. The van der Waals surface area contributed by atoms with Crippen molar-refractivity contribution >= 4 is 11.8 Å². The van der Waals surface area contributed by atoms with E-state index in [-0.39, 0.29) is 12.3 Å². The summed E-state index contributed by atoms with van der Waals surface area (Å²) in [5, 5.41) is 12.5. The van der Waals surface area contributed by atoms with Gasteiger partial charge in [-0.15, -0.1) is 0 Å². The van der Waals surface area contributed by atoms with Crippen LogP contribution in [0.15, 0.2) is 0 Å². The van der Waals surface area contributed by atoms with E-state index in [0.29, 0.717) is 25.4 Å². The van der Waals surface area contributed by atoms with E-state index >= 15 is 0 Å². The highest BCUT2D eigenvalue weighted by atomic mass is 16.2. The molecule has 0 aromatic carbocycles. The lowest BCUT2D eigenvalue weighted by Crippen LogP contribution is -2.50. The van der Waals surface area contributed by atoms with Crippen molar-refractivity contribution in [1.29, 1.82) is 5.26 Å². The van der Waals surface area contributed by atoms with Crippen molar-refractivity contribution in [3.8, 4) is 6.07 Å². The molecule has 3 N–H and O–H groups in total. The number of nitrogens with zero attached hydrogens (tertiary/aromatic N) is 2. The van der Waals surface area contributed by atoms with Gasteiger partial charge in [0.1, 0.15) is 5.54 Å². The first-order valence-electron chi connectivity index (χ1n) is 8.54. The average molecular weight is 320 g/mol. The van der Waals surface area contributed by atoms with Crippen molar-refractivity contribution in [3.05, 3.63) is 0 Å². The summed E-state index contributed by atoms with van der Waals surface area (Å²) in [4.78, 5) is 25.9. The monoisotopic (exact) mass is 320 g/mol. The molecule has 2 amide bonds. The normalized spacial score (nSPS) is 26.1. The van der Waals surface area contributed by atoms with Crippen LogP contribution in [0.25, 0.3) is 0 Å². The van der Waals surface area contributed by atoms with E-state index in [1.54, 1.807) is 13.8 Å². The largest absolute Gasteiger partial charge is 0.369 e. The molecule has 1 atom stereocenters. The third-order valence-corrected chi connectivity index (χ3v) is 5.38. The van der Waals surface area contributed by atoms with E-state index in [4.69, 9.17) is 5.73 Å². The molecule has 1 aliphatic heterocycles. The highest BCUT2D eigenvalue weighted by molar-refractivity contribution is 5.82. The maximum atomic E-state index is 12.2. The van der Waals surface area contributed by atoms with Gasteiger partial charge < -0.3 is 11.1 Å². The van der Waals surface area contributed by atoms with Crippen molar-refractivity contribution in [2.75, 3.05) is 13.1 Å². The van der Waals surface area contributed by atoms with Crippen molar-refractivity contribution in [2.24, 2.45) is 11.1 Å². The van der Waals surface area contributed by atoms with Crippen molar-refractivity contribution < 1.29 is 9.59 Å². The summed E-state index contributed by atoms with van der Waals surface area (Å²) in [6.45, 7) is 4.95. The Hall–Kier alpha value is -1.61. The molecule has 2 aliphatic rings. The van der Waals surface area contributed by atoms with E-state index in [1.807, 2.05) is 0 Å². The Morgan fingerprint density at radius 1 is 1.39 bits per heavy atom. The molecule has 1 saturated heterocycles. The molecule has 23 heavy (non-hydrogen) atoms. The Kier molecular flexibility index (Phi) is 5.30. The Morgan fingerprint density at radius 2 is 2.04 bits per heavy atom. The highest BCUT2D eigenvalue weighted by Gasteiger charge is 2.42. The number of likely N-dealkylation sites (tertiary alicyclic amines) is 1. The number of amides is 2. The zero-order valence-corrected chi connectivity index (χ0v) is 14.2. The topological polar surface area (TPSA) is 99.2 Å². The molecular formula is C17H28N4O2. The van der Waals surface area contributed by atoms with Crippen LogP contribution in [-0.4, -0.2) is 41.4 Å². The molecule has 1 aliphatic carbocycles. The predicted molar refractivity (Wildman–Crippen MR) is 87.1 cm³/mol.